The van der Waals surface area contributed by atoms with Crippen molar-refractivity contribution in [2.75, 3.05) is 26.2 Å². The van der Waals surface area contributed by atoms with Gasteiger partial charge >= 0.3 is 0 Å². The Balaban J connectivity index is 1.33. The van der Waals surface area contributed by atoms with Crippen LogP contribution in [-0.2, 0) is 6.42 Å². The quantitative estimate of drug-likeness (QED) is 0.776. The third kappa shape index (κ3) is 3.81. The number of amides is 2. The van der Waals surface area contributed by atoms with Crippen molar-refractivity contribution in [1.29, 1.82) is 0 Å². The Kier molecular flexibility index (Phi) is 5.72. The van der Waals surface area contributed by atoms with Crippen molar-refractivity contribution < 1.29 is 14.0 Å². The van der Waals surface area contributed by atoms with Crippen LogP contribution in [0.1, 0.15) is 58.9 Å². The van der Waals surface area contributed by atoms with Crippen molar-refractivity contribution in [2.45, 2.75) is 51.1 Å². The summed E-state index contributed by atoms with van der Waals surface area (Å²) in [6.45, 7) is 5.13. The summed E-state index contributed by atoms with van der Waals surface area (Å²) in [5.41, 5.74) is 3.21. The summed E-state index contributed by atoms with van der Waals surface area (Å²) in [7, 11) is 0. The predicted molar refractivity (Wildman–Crippen MR) is 122 cm³/mol. The van der Waals surface area contributed by atoms with Gasteiger partial charge in [0.25, 0.3) is 11.8 Å². The van der Waals surface area contributed by atoms with Crippen molar-refractivity contribution in [3.05, 3.63) is 58.9 Å². The number of nitrogens with zero attached hydrogens (tertiary/aromatic N) is 2. The zero-order valence-corrected chi connectivity index (χ0v) is 18.6. The summed E-state index contributed by atoms with van der Waals surface area (Å²) in [6.07, 6.45) is 5.77. The lowest BCUT2D eigenvalue weighted by Crippen LogP contribution is -2.47. The number of benzene rings is 2. The van der Waals surface area contributed by atoms with Crippen LogP contribution in [0.15, 0.2) is 36.4 Å². The zero-order valence-electron chi connectivity index (χ0n) is 18.6. The lowest BCUT2D eigenvalue weighted by molar-refractivity contribution is 0.0646. The van der Waals surface area contributed by atoms with Gasteiger partial charge in [0, 0.05) is 55.0 Å². The number of hydrogen-bond donors (Lipinski definition) is 1. The zero-order chi connectivity index (χ0) is 22.2. The van der Waals surface area contributed by atoms with Crippen LogP contribution in [0.2, 0.25) is 0 Å². The fraction of sp³-hybridized carbons (Fsp3) is 0.462. The second-order valence-electron chi connectivity index (χ2n) is 9.20. The molecule has 2 fully saturated rings. The van der Waals surface area contributed by atoms with Crippen LogP contribution in [0.25, 0.3) is 11.1 Å². The minimum Gasteiger partial charge on any atom is -0.352 e. The Bertz CT molecular complexity index is 1050. The van der Waals surface area contributed by atoms with Gasteiger partial charge in [-0.2, -0.15) is 0 Å². The van der Waals surface area contributed by atoms with E-state index in [4.69, 9.17) is 0 Å². The van der Waals surface area contributed by atoms with E-state index in [-0.39, 0.29) is 11.8 Å². The molecule has 6 heteroatoms. The molecule has 168 valence electrons. The molecule has 5 nitrogen and oxygen atoms in total. The van der Waals surface area contributed by atoms with Gasteiger partial charge in [0.05, 0.1) is 0 Å². The molecule has 0 radical (unpaired) electrons. The number of rotatable bonds is 5. The first-order valence-electron chi connectivity index (χ1n) is 11.8. The van der Waals surface area contributed by atoms with E-state index in [1.54, 1.807) is 12.1 Å². The van der Waals surface area contributed by atoms with Crippen LogP contribution in [0.3, 0.4) is 0 Å². The minimum atomic E-state index is -0.431. The van der Waals surface area contributed by atoms with E-state index in [1.165, 1.54) is 25.3 Å². The molecular weight excluding hydrogens is 405 g/mol. The number of nitrogens with one attached hydrogen (secondary N) is 1. The highest BCUT2D eigenvalue weighted by Gasteiger charge is 2.37. The lowest BCUT2D eigenvalue weighted by atomic mass is 9.91. The molecule has 2 aliphatic heterocycles. The van der Waals surface area contributed by atoms with Gasteiger partial charge in [-0.1, -0.05) is 24.6 Å². The molecule has 1 aliphatic carbocycles. The van der Waals surface area contributed by atoms with Gasteiger partial charge in [-0.25, -0.2) is 4.39 Å². The maximum absolute atomic E-state index is 14.8. The molecule has 0 spiro atoms. The van der Waals surface area contributed by atoms with Crippen molar-refractivity contribution in [3.63, 3.8) is 0 Å². The molecule has 0 aromatic heterocycles. The molecule has 2 heterocycles. The first-order valence-corrected chi connectivity index (χ1v) is 11.8. The summed E-state index contributed by atoms with van der Waals surface area (Å²) in [5, 5.41) is 2.69. The van der Waals surface area contributed by atoms with Crippen LogP contribution in [0.4, 0.5) is 4.39 Å². The Morgan fingerprint density at radius 1 is 1.06 bits per heavy atom. The number of hydrogen-bond acceptors (Lipinski definition) is 3. The molecule has 2 aromatic carbocycles. The van der Waals surface area contributed by atoms with Gasteiger partial charge in [0.2, 0.25) is 0 Å². The van der Waals surface area contributed by atoms with E-state index < -0.39 is 5.82 Å². The van der Waals surface area contributed by atoms with E-state index in [0.29, 0.717) is 23.7 Å². The SMILES string of the molecule is CCNC(=O)c1ccc(-c2ccc3c(c2)CCN([C@H]2CCN(C4CCC4)C2)C3=O)c(F)c1. The molecule has 1 atom stereocenters. The van der Waals surface area contributed by atoms with Gasteiger partial charge in [-0.15, -0.1) is 0 Å². The van der Waals surface area contributed by atoms with E-state index in [2.05, 4.69) is 15.1 Å². The van der Waals surface area contributed by atoms with Gasteiger partial charge in [-0.05, 0) is 61.9 Å². The number of likely N-dealkylation sites (tertiary alicyclic amines) is 1. The third-order valence-corrected chi connectivity index (χ3v) is 7.32. The summed E-state index contributed by atoms with van der Waals surface area (Å²) in [5.74, 6) is -0.610. The van der Waals surface area contributed by atoms with E-state index in [9.17, 15) is 14.0 Å². The molecule has 0 bridgehead atoms. The highest BCUT2D eigenvalue weighted by molar-refractivity contribution is 5.98. The van der Waals surface area contributed by atoms with Crippen molar-refractivity contribution in [1.82, 2.24) is 15.1 Å². The molecule has 5 rings (SSSR count). The van der Waals surface area contributed by atoms with E-state index in [0.717, 1.165) is 55.2 Å². The normalized spacial score (nSPS) is 21.4. The van der Waals surface area contributed by atoms with Gasteiger partial charge in [0.1, 0.15) is 5.82 Å². The van der Waals surface area contributed by atoms with E-state index >= 15 is 0 Å². The summed E-state index contributed by atoms with van der Waals surface area (Å²) >= 11 is 0. The molecule has 32 heavy (non-hydrogen) atoms. The monoisotopic (exact) mass is 435 g/mol. The van der Waals surface area contributed by atoms with Crippen LogP contribution in [-0.4, -0.2) is 59.9 Å². The third-order valence-electron chi connectivity index (χ3n) is 7.32. The topological polar surface area (TPSA) is 52.7 Å². The first-order chi connectivity index (χ1) is 15.5. The van der Waals surface area contributed by atoms with Crippen LogP contribution in [0.5, 0.6) is 0 Å². The number of carbonyl (C=O) groups excluding carboxylic acids is 2. The maximum atomic E-state index is 14.8. The molecule has 1 saturated heterocycles. The average molecular weight is 436 g/mol. The fourth-order valence-corrected chi connectivity index (χ4v) is 5.28. The van der Waals surface area contributed by atoms with Gasteiger partial charge in [-0.3, -0.25) is 14.5 Å². The molecule has 3 aliphatic rings. The molecule has 2 aromatic rings. The highest BCUT2D eigenvalue weighted by atomic mass is 19.1. The molecular formula is C26H30FN3O2. The predicted octanol–water partition coefficient (Wildman–Crippen LogP) is 3.87. The average Bonchev–Trinajstić information content (AvgIpc) is 3.21. The first kappa shape index (κ1) is 21.1. The highest BCUT2D eigenvalue weighted by Crippen LogP contribution is 2.33. The van der Waals surface area contributed by atoms with Gasteiger partial charge in [0.15, 0.2) is 0 Å². The van der Waals surface area contributed by atoms with E-state index in [1.807, 2.05) is 25.1 Å². The Labute approximate surface area is 188 Å². The Morgan fingerprint density at radius 3 is 2.59 bits per heavy atom. The summed E-state index contributed by atoms with van der Waals surface area (Å²) < 4.78 is 14.8. The smallest absolute Gasteiger partial charge is 0.254 e. The van der Waals surface area contributed by atoms with Gasteiger partial charge < -0.3 is 10.2 Å². The number of halogens is 1. The van der Waals surface area contributed by atoms with Crippen molar-refractivity contribution in [3.8, 4) is 11.1 Å². The second-order valence-corrected chi connectivity index (χ2v) is 9.20. The largest absolute Gasteiger partial charge is 0.352 e. The molecule has 2 amide bonds. The Hall–Kier alpha value is -2.73. The van der Waals surface area contributed by atoms with Crippen molar-refractivity contribution >= 4 is 11.8 Å². The van der Waals surface area contributed by atoms with Crippen LogP contribution in [0, 0.1) is 5.82 Å². The maximum Gasteiger partial charge on any atom is 0.254 e. The number of fused-ring (bicyclic) bond motifs is 1. The summed E-state index contributed by atoms with van der Waals surface area (Å²) in [4.78, 5) is 29.8. The summed E-state index contributed by atoms with van der Waals surface area (Å²) in [6, 6.07) is 11.2. The fourth-order valence-electron chi connectivity index (χ4n) is 5.28. The van der Waals surface area contributed by atoms with Crippen LogP contribution < -0.4 is 5.32 Å². The molecule has 1 N–H and O–H groups in total. The molecule has 1 saturated carbocycles. The standard InChI is InChI=1S/C26H30FN3O2/c1-2-28-25(31)19-7-8-22(24(27)15-19)17-6-9-23-18(14-17)10-13-30(26(23)32)21-11-12-29(16-21)20-4-3-5-20/h6-9,14-15,20-21H,2-5,10-13,16H2,1H3,(H,28,31)/t21-/m0/s1. The Morgan fingerprint density at radius 2 is 1.88 bits per heavy atom. The number of carbonyl (C=O) groups is 2. The minimum absolute atomic E-state index is 0.102. The van der Waals surface area contributed by atoms with Crippen LogP contribution >= 0.6 is 0 Å². The van der Waals surface area contributed by atoms with Crippen molar-refractivity contribution in [2.24, 2.45) is 0 Å². The molecule has 0 unspecified atom stereocenters. The second kappa shape index (κ2) is 8.66. The lowest BCUT2D eigenvalue weighted by Gasteiger charge is -2.37.